The summed E-state index contributed by atoms with van der Waals surface area (Å²) >= 11 is 0. The summed E-state index contributed by atoms with van der Waals surface area (Å²) in [5, 5.41) is 0. The van der Waals surface area contributed by atoms with Crippen molar-refractivity contribution in [1.82, 2.24) is 0 Å². The minimum atomic E-state index is -0.613. The molecule has 0 amide bonds. The number of ketones is 1. The van der Waals surface area contributed by atoms with Gasteiger partial charge >= 0.3 is 11.9 Å². The molecule has 0 aromatic carbocycles. The summed E-state index contributed by atoms with van der Waals surface area (Å²) < 4.78 is 23.4. The van der Waals surface area contributed by atoms with Gasteiger partial charge in [0.25, 0.3) is 0 Å². The van der Waals surface area contributed by atoms with Crippen molar-refractivity contribution < 1.29 is 33.0 Å². The normalized spacial score (nSPS) is 47.3. The number of hydrogen-bond donors (Lipinski definition) is 0. The smallest absolute Gasteiger partial charge is 0.331 e. The molecular formula is C28H34O7. The zero-order chi connectivity index (χ0) is 25.1. The van der Waals surface area contributed by atoms with E-state index >= 15 is 0 Å². The quantitative estimate of drug-likeness (QED) is 0.450. The number of furan rings is 1. The summed E-state index contributed by atoms with van der Waals surface area (Å²) in [6.07, 6.45) is 5.62. The third-order valence-electron chi connectivity index (χ3n) is 10.6. The number of carbonyl (C=O) groups is 3. The summed E-state index contributed by atoms with van der Waals surface area (Å²) in [6.45, 7) is 12.0. The molecule has 1 saturated heterocycles. The largest absolute Gasteiger partial charge is 0.472 e. The highest BCUT2D eigenvalue weighted by Crippen LogP contribution is 2.74. The summed E-state index contributed by atoms with van der Waals surface area (Å²) in [4.78, 5) is 38.6. The number of Topliss-reactive ketones (excluding diaryl/α,β-unsaturated/α-hetero) is 1. The van der Waals surface area contributed by atoms with Gasteiger partial charge in [0.15, 0.2) is 5.78 Å². The Hall–Kier alpha value is -2.41. The minimum absolute atomic E-state index is 0.00107. The van der Waals surface area contributed by atoms with Crippen molar-refractivity contribution in [2.24, 2.45) is 33.5 Å². The second-order valence-electron chi connectivity index (χ2n) is 12.5. The van der Waals surface area contributed by atoms with Crippen LogP contribution in [0.15, 0.2) is 34.7 Å². The molecule has 4 fully saturated rings. The van der Waals surface area contributed by atoms with E-state index in [1.807, 2.05) is 19.9 Å². The second-order valence-corrected chi connectivity index (χ2v) is 12.5. The summed E-state index contributed by atoms with van der Waals surface area (Å²) in [5.41, 5.74) is -0.171. The van der Waals surface area contributed by atoms with Gasteiger partial charge in [0, 0.05) is 40.2 Å². The Balaban J connectivity index is 1.53. The van der Waals surface area contributed by atoms with Gasteiger partial charge in [0.2, 0.25) is 0 Å². The van der Waals surface area contributed by atoms with Crippen LogP contribution in [0.2, 0.25) is 0 Å². The van der Waals surface area contributed by atoms with Crippen LogP contribution >= 0.6 is 0 Å². The van der Waals surface area contributed by atoms with Crippen LogP contribution in [0.25, 0.3) is 0 Å². The molecule has 1 aromatic rings. The predicted molar refractivity (Wildman–Crippen MR) is 124 cm³/mol. The van der Waals surface area contributed by atoms with E-state index in [9.17, 15) is 14.4 Å². The van der Waals surface area contributed by atoms with E-state index in [1.165, 1.54) is 6.92 Å². The fraction of sp³-hybridized carbons (Fsp3) is 0.679. The van der Waals surface area contributed by atoms with Crippen LogP contribution in [0.3, 0.4) is 0 Å². The van der Waals surface area contributed by atoms with Crippen molar-refractivity contribution in [2.75, 3.05) is 0 Å². The molecule has 5 aliphatic rings. The molecule has 3 saturated carbocycles. The van der Waals surface area contributed by atoms with Crippen molar-refractivity contribution in [3.63, 3.8) is 0 Å². The third kappa shape index (κ3) is 2.73. The number of carbonyl (C=O) groups excluding carboxylic acids is 3. The van der Waals surface area contributed by atoms with E-state index in [4.69, 9.17) is 18.6 Å². The number of esters is 2. The van der Waals surface area contributed by atoms with Gasteiger partial charge in [-0.1, -0.05) is 34.6 Å². The Morgan fingerprint density at radius 3 is 2.51 bits per heavy atom. The number of cyclic esters (lactones) is 1. The molecule has 2 aliphatic heterocycles. The SMILES string of the molecule is CC(=O)O[C@@H]1C[C@@H]2C(C)(C)C(=O)[C@H]3O[C@@H]3[C@]2(C)[C@H]2CC[C@]3(C)C(=CC(=O)O[C@@H]3c3ccoc3)[C@]12C. The van der Waals surface area contributed by atoms with Gasteiger partial charge in [0.1, 0.15) is 18.3 Å². The van der Waals surface area contributed by atoms with Gasteiger partial charge in [-0.05, 0) is 42.7 Å². The lowest BCUT2D eigenvalue weighted by molar-refractivity contribution is -0.209. The Bertz CT molecular complexity index is 1150. The molecule has 35 heavy (non-hydrogen) atoms. The van der Waals surface area contributed by atoms with Crippen molar-refractivity contribution in [2.45, 2.75) is 85.2 Å². The third-order valence-corrected chi connectivity index (χ3v) is 10.6. The number of fused-ring (bicyclic) bond motifs is 7. The van der Waals surface area contributed by atoms with Crippen molar-refractivity contribution in [3.8, 4) is 0 Å². The first-order valence-electron chi connectivity index (χ1n) is 12.7. The fourth-order valence-electron chi connectivity index (χ4n) is 9.01. The highest BCUT2D eigenvalue weighted by molar-refractivity contribution is 5.93. The zero-order valence-corrected chi connectivity index (χ0v) is 21.3. The van der Waals surface area contributed by atoms with E-state index < -0.39 is 28.5 Å². The standard InChI is InChI=1S/C28H34O7/c1-14(29)33-19-11-17-25(2,3)22(31)21-24(35-21)28(17,6)16-7-9-26(4)18(27(16,19)5)12-20(30)34-23(26)15-8-10-32-13-15/h8,10,12-13,16-17,19,21,23-24H,7,9,11H2,1-6H3/t16-,17+,19+,21+,23+,24-,26+,27+,28+/m0/s1. The minimum Gasteiger partial charge on any atom is -0.472 e. The Morgan fingerprint density at radius 1 is 1.11 bits per heavy atom. The maximum atomic E-state index is 13.2. The molecule has 188 valence electrons. The molecule has 9 atom stereocenters. The number of epoxide rings is 1. The predicted octanol–water partition coefficient (Wildman–Crippen LogP) is 4.56. The van der Waals surface area contributed by atoms with Crippen LogP contribution in [-0.4, -0.2) is 36.0 Å². The van der Waals surface area contributed by atoms with Crippen molar-refractivity contribution in [3.05, 3.63) is 35.8 Å². The molecule has 6 rings (SSSR count). The number of hydrogen-bond acceptors (Lipinski definition) is 7. The lowest BCUT2D eigenvalue weighted by Gasteiger charge is -2.67. The monoisotopic (exact) mass is 482 g/mol. The molecule has 3 aliphatic carbocycles. The zero-order valence-electron chi connectivity index (χ0n) is 21.3. The van der Waals surface area contributed by atoms with Crippen molar-refractivity contribution in [1.29, 1.82) is 0 Å². The molecule has 7 heteroatoms. The topological polar surface area (TPSA) is 95.3 Å². The van der Waals surface area contributed by atoms with Crippen LogP contribution in [0.5, 0.6) is 0 Å². The van der Waals surface area contributed by atoms with Crippen LogP contribution in [0.1, 0.15) is 72.5 Å². The number of rotatable bonds is 2. The first kappa shape index (κ1) is 23.0. The second kappa shape index (κ2) is 6.87. The maximum Gasteiger partial charge on any atom is 0.331 e. The number of ether oxygens (including phenoxy) is 3. The summed E-state index contributed by atoms with van der Waals surface area (Å²) in [6, 6.07) is 1.85. The Morgan fingerprint density at radius 2 is 1.86 bits per heavy atom. The van der Waals surface area contributed by atoms with E-state index in [2.05, 4.69) is 20.8 Å². The first-order valence-corrected chi connectivity index (χ1v) is 12.7. The van der Waals surface area contributed by atoms with E-state index in [0.29, 0.717) is 6.42 Å². The average Bonchev–Trinajstić information content (AvgIpc) is 3.41. The van der Waals surface area contributed by atoms with Crippen LogP contribution in [0, 0.1) is 33.5 Å². The molecule has 0 bridgehead atoms. The molecule has 0 spiro atoms. The Labute approximate surface area is 205 Å². The summed E-state index contributed by atoms with van der Waals surface area (Å²) in [5.74, 6) is -0.526. The van der Waals surface area contributed by atoms with E-state index in [-0.39, 0.29) is 47.2 Å². The molecule has 0 N–H and O–H groups in total. The van der Waals surface area contributed by atoms with Gasteiger partial charge in [0.05, 0.1) is 18.6 Å². The molecule has 0 unspecified atom stereocenters. The van der Waals surface area contributed by atoms with E-state index in [0.717, 1.165) is 24.0 Å². The molecule has 7 nitrogen and oxygen atoms in total. The lowest BCUT2D eigenvalue weighted by atomic mass is 9.37. The van der Waals surface area contributed by atoms with Crippen molar-refractivity contribution >= 4 is 17.7 Å². The highest BCUT2D eigenvalue weighted by atomic mass is 16.6. The lowest BCUT2D eigenvalue weighted by Crippen LogP contribution is -2.68. The van der Waals surface area contributed by atoms with Crippen LogP contribution < -0.4 is 0 Å². The highest BCUT2D eigenvalue weighted by Gasteiger charge is 2.77. The van der Waals surface area contributed by atoms with Gasteiger partial charge in [-0.25, -0.2) is 4.79 Å². The van der Waals surface area contributed by atoms with E-state index in [1.54, 1.807) is 18.6 Å². The Kier molecular flexibility index (Phi) is 4.52. The summed E-state index contributed by atoms with van der Waals surface area (Å²) in [7, 11) is 0. The molecule has 0 radical (unpaired) electrons. The average molecular weight is 483 g/mol. The van der Waals surface area contributed by atoms with Crippen LogP contribution in [0.4, 0.5) is 0 Å². The van der Waals surface area contributed by atoms with Gasteiger partial charge in [-0.15, -0.1) is 0 Å². The molecule has 3 heterocycles. The van der Waals surface area contributed by atoms with Gasteiger partial charge < -0.3 is 18.6 Å². The fourth-order valence-corrected chi connectivity index (χ4v) is 9.01. The molecular weight excluding hydrogens is 448 g/mol. The first-order chi connectivity index (χ1) is 16.4. The molecule has 1 aromatic heterocycles. The van der Waals surface area contributed by atoms with Gasteiger partial charge in [-0.2, -0.15) is 0 Å². The van der Waals surface area contributed by atoms with Gasteiger partial charge in [-0.3, -0.25) is 9.59 Å². The van der Waals surface area contributed by atoms with Crippen LogP contribution in [-0.2, 0) is 28.6 Å². The maximum absolute atomic E-state index is 13.2.